The average Bonchev–Trinajstić information content (AvgIpc) is 2.72. The number of benzene rings is 1. The van der Waals surface area contributed by atoms with Crippen LogP contribution < -0.4 is 14.8 Å². The number of nitrogens with one attached hydrogen (secondary N) is 1. The molecule has 7 heteroatoms. The van der Waals surface area contributed by atoms with Crippen LogP contribution in [-0.2, 0) is 17.8 Å². The molecule has 0 fully saturated rings. The van der Waals surface area contributed by atoms with Crippen molar-refractivity contribution in [2.75, 3.05) is 46.9 Å². The summed E-state index contributed by atoms with van der Waals surface area (Å²) in [5, 5.41) is 3.36. The number of methoxy groups -OCH3 is 2. The van der Waals surface area contributed by atoms with Gasteiger partial charge in [-0.15, -0.1) is 0 Å². The fraction of sp³-hybridized carbons (Fsp3) is 0.619. The molecule has 0 bridgehead atoms. The van der Waals surface area contributed by atoms with Crippen molar-refractivity contribution in [2.24, 2.45) is 4.99 Å². The Kier molecular flexibility index (Phi) is 8.42. The summed E-state index contributed by atoms with van der Waals surface area (Å²) in [5.74, 6) is 2.53. The van der Waals surface area contributed by atoms with Gasteiger partial charge in [-0.25, -0.2) is 0 Å². The van der Waals surface area contributed by atoms with Crippen molar-refractivity contribution in [3.05, 3.63) is 23.3 Å². The first kappa shape index (κ1) is 21.9. The Morgan fingerprint density at radius 2 is 1.79 bits per heavy atom. The van der Waals surface area contributed by atoms with Crippen LogP contribution in [-0.4, -0.2) is 68.6 Å². The van der Waals surface area contributed by atoms with E-state index < -0.39 is 0 Å². The maximum Gasteiger partial charge on any atom is 0.224 e. The molecule has 0 radical (unpaired) electrons. The third-order valence-electron chi connectivity index (χ3n) is 5.06. The Morgan fingerprint density at radius 3 is 2.36 bits per heavy atom. The number of fused-ring (bicyclic) bond motifs is 1. The van der Waals surface area contributed by atoms with Crippen LogP contribution >= 0.6 is 0 Å². The van der Waals surface area contributed by atoms with Gasteiger partial charge in [0.25, 0.3) is 0 Å². The fourth-order valence-electron chi connectivity index (χ4n) is 3.48. The topological polar surface area (TPSA) is 66.4 Å². The van der Waals surface area contributed by atoms with Crippen molar-refractivity contribution in [1.29, 1.82) is 0 Å². The summed E-state index contributed by atoms with van der Waals surface area (Å²) >= 11 is 0. The van der Waals surface area contributed by atoms with Crippen LogP contribution in [0.4, 0.5) is 0 Å². The summed E-state index contributed by atoms with van der Waals surface area (Å²) in [7, 11) is 3.32. The number of hydrogen-bond acceptors (Lipinski definition) is 4. The number of carbonyl (C=O) groups is 1. The summed E-state index contributed by atoms with van der Waals surface area (Å²) in [4.78, 5) is 21.0. The second-order valence-corrected chi connectivity index (χ2v) is 6.70. The van der Waals surface area contributed by atoms with Crippen LogP contribution in [0.3, 0.4) is 0 Å². The Labute approximate surface area is 168 Å². The van der Waals surface area contributed by atoms with Crippen LogP contribution in [0.5, 0.6) is 11.5 Å². The molecule has 0 spiro atoms. The van der Waals surface area contributed by atoms with E-state index in [0.717, 1.165) is 56.6 Å². The second kappa shape index (κ2) is 10.8. The van der Waals surface area contributed by atoms with Crippen molar-refractivity contribution in [2.45, 2.75) is 40.2 Å². The first-order chi connectivity index (χ1) is 13.6. The van der Waals surface area contributed by atoms with E-state index in [4.69, 9.17) is 14.5 Å². The predicted octanol–water partition coefficient (Wildman–Crippen LogP) is 2.29. The maximum atomic E-state index is 12.2. The molecule has 1 aliphatic rings. The Hall–Kier alpha value is -2.44. The molecule has 0 aliphatic carbocycles. The van der Waals surface area contributed by atoms with Crippen LogP contribution in [0.1, 0.15) is 38.3 Å². The molecule has 1 amide bonds. The average molecular weight is 391 g/mol. The van der Waals surface area contributed by atoms with Crippen LogP contribution in [0.25, 0.3) is 0 Å². The Balaban J connectivity index is 2.09. The molecular weight excluding hydrogens is 356 g/mol. The summed E-state index contributed by atoms with van der Waals surface area (Å²) < 4.78 is 10.9. The summed E-state index contributed by atoms with van der Waals surface area (Å²) in [6.45, 7) is 10.5. The van der Waals surface area contributed by atoms with Gasteiger partial charge in [-0.05, 0) is 50.5 Å². The van der Waals surface area contributed by atoms with Crippen molar-refractivity contribution in [1.82, 2.24) is 15.1 Å². The molecule has 2 rings (SSSR count). The van der Waals surface area contributed by atoms with Gasteiger partial charge < -0.3 is 24.6 Å². The minimum atomic E-state index is 0.158. The Bertz CT molecular complexity index is 686. The van der Waals surface area contributed by atoms with Gasteiger partial charge in [-0.3, -0.25) is 9.79 Å². The third-order valence-corrected chi connectivity index (χ3v) is 5.06. The van der Waals surface area contributed by atoms with Gasteiger partial charge in [0.2, 0.25) is 5.91 Å². The number of carbonyl (C=O) groups excluding carboxylic acids is 1. The molecule has 0 aromatic heterocycles. The van der Waals surface area contributed by atoms with E-state index in [9.17, 15) is 4.79 Å². The number of amides is 1. The monoisotopic (exact) mass is 390 g/mol. The molecule has 28 heavy (non-hydrogen) atoms. The van der Waals surface area contributed by atoms with E-state index in [1.54, 1.807) is 14.2 Å². The van der Waals surface area contributed by atoms with Gasteiger partial charge in [0.15, 0.2) is 17.5 Å². The molecular formula is C21H34N4O3. The maximum absolute atomic E-state index is 12.2. The van der Waals surface area contributed by atoms with Crippen molar-refractivity contribution in [3.8, 4) is 11.5 Å². The summed E-state index contributed by atoms with van der Waals surface area (Å²) in [6, 6.07) is 4.12. The van der Waals surface area contributed by atoms with Crippen molar-refractivity contribution >= 4 is 11.9 Å². The van der Waals surface area contributed by atoms with Gasteiger partial charge in [0.1, 0.15) is 0 Å². The van der Waals surface area contributed by atoms with Gasteiger partial charge in [-0.2, -0.15) is 0 Å². The van der Waals surface area contributed by atoms with Crippen LogP contribution in [0, 0.1) is 0 Å². The van der Waals surface area contributed by atoms with Crippen molar-refractivity contribution in [3.63, 3.8) is 0 Å². The lowest BCUT2D eigenvalue weighted by Gasteiger charge is -2.32. The summed E-state index contributed by atoms with van der Waals surface area (Å²) in [5.41, 5.74) is 2.50. The number of nitrogens with zero attached hydrogens (tertiary/aromatic N) is 3. The molecule has 1 heterocycles. The number of aliphatic imine (C=N–C) groups is 1. The minimum Gasteiger partial charge on any atom is -0.493 e. The standard InChI is InChI=1S/C21H34N4O3/c1-6-22-21(23-11-9-20(26)24(7-2)8-3)25-12-10-16-13-18(27-4)19(28-5)14-17(16)15-25/h13-14H,6-12,15H2,1-5H3,(H,22,23). The van der Waals surface area contributed by atoms with Crippen LogP contribution in [0.2, 0.25) is 0 Å². The number of ether oxygens (including phenoxy) is 2. The summed E-state index contributed by atoms with van der Waals surface area (Å²) in [6.07, 6.45) is 1.35. The smallest absolute Gasteiger partial charge is 0.224 e. The number of rotatable bonds is 8. The molecule has 1 aromatic carbocycles. The molecule has 7 nitrogen and oxygen atoms in total. The zero-order valence-corrected chi connectivity index (χ0v) is 17.9. The van der Waals surface area contributed by atoms with Gasteiger partial charge in [0.05, 0.1) is 20.8 Å². The van der Waals surface area contributed by atoms with E-state index >= 15 is 0 Å². The minimum absolute atomic E-state index is 0.158. The molecule has 1 aromatic rings. The molecule has 1 aliphatic heterocycles. The van der Waals surface area contributed by atoms with Gasteiger partial charge in [0, 0.05) is 39.1 Å². The molecule has 0 unspecified atom stereocenters. The zero-order valence-electron chi connectivity index (χ0n) is 17.9. The highest BCUT2D eigenvalue weighted by atomic mass is 16.5. The molecule has 1 N–H and O–H groups in total. The number of hydrogen-bond donors (Lipinski definition) is 1. The second-order valence-electron chi connectivity index (χ2n) is 6.70. The molecule has 0 saturated heterocycles. The predicted molar refractivity (Wildman–Crippen MR) is 112 cm³/mol. The van der Waals surface area contributed by atoms with Crippen molar-refractivity contribution < 1.29 is 14.3 Å². The normalized spacial score (nSPS) is 13.8. The lowest BCUT2D eigenvalue weighted by molar-refractivity contribution is -0.130. The van der Waals surface area contributed by atoms with E-state index in [1.165, 1.54) is 11.1 Å². The highest BCUT2D eigenvalue weighted by Crippen LogP contribution is 2.33. The van der Waals surface area contributed by atoms with E-state index in [1.807, 2.05) is 24.8 Å². The largest absolute Gasteiger partial charge is 0.493 e. The van der Waals surface area contributed by atoms with Gasteiger partial charge >= 0.3 is 0 Å². The Morgan fingerprint density at radius 1 is 1.14 bits per heavy atom. The SMILES string of the molecule is CCNC(=NCCC(=O)N(CC)CC)N1CCc2cc(OC)c(OC)cc2C1. The lowest BCUT2D eigenvalue weighted by atomic mass is 9.99. The lowest BCUT2D eigenvalue weighted by Crippen LogP contribution is -2.44. The fourth-order valence-corrected chi connectivity index (χ4v) is 3.48. The first-order valence-electron chi connectivity index (χ1n) is 10.1. The van der Waals surface area contributed by atoms with Gasteiger partial charge in [-0.1, -0.05) is 0 Å². The van der Waals surface area contributed by atoms with E-state index in [2.05, 4.69) is 23.2 Å². The van der Waals surface area contributed by atoms with E-state index in [0.29, 0.717) is 13.0 Å². The van der Waals surface area contributed by atoms with Crippen LogP contribution in [0.15, 0.2) is 17.1 Å². The third kappa shape index (κ3) is 5.30. The number of guanidine groups is 1. The highest BCUT2D eigenvalue weighted by Gasteiger charge is 2.21. The quantitative estimate of drug-likeness (QED) is 0.545. The molecule has 0 saturated carbocycles. The van der Waals surface area contributed by atoms with E-state index in [-0.39, 0.29) is 5.91 Å². The highest BCUT2D eigenvalue weighted by molar-refractivity contribution is 5.81. The molecule has 156 valence electrons. The first-order valence-corrected chi connectivity index (χ1v) is 10.1. The molecule has 0 atom stereocenters. The zero-order chi connectivity index (χ0) is 20.5.